The number of benzene rings is 1. The number of pyridine rings is 1. The maximum Gasteiger partial charge on any atom is 0.170 e. The molecule has 0 bridgehead atoms. The van der Waals surface area contributed by atoms with Crippen LogP contribution in [0.4, 0.5) is 26.2 Å². The van der Waals surface area contributed by atoms with Crippen molar-refractivity contribution in [1.29, 1.82) is 5.26 Å². The lowest BCUT2D eigenvalue weighted by Gasteiger charge is -2.17. The van der Waals surface area contributed by atoms with Gasteiger partial charge in [-0.25, -0.2) is 13.8 Å². The molecule has 1 unspecified atom stereocenters. The molecular formula is C20H18F2N6. The molecule has 0 amide bonds. The molecule has 2 aromatic heterocycles. The molecular weight excluding hydrogens is 362 g/mol. The number of halogens is 2. The van der Waals surface area contributed by atoms with Crippen LogP contribution < -0.4 is 10.6 Å². The molecule has 0 spiro atoms. The molecule has 3 N–H and O–H groups in total. The Labute approximate surface area is 160 Å². The van der Waals surface area contributed by atoms with Crippen LogP contribution in [-0.2, 0) is 0 Å². The van der Waals surface area contributed by atoms with Gasteiger partial charge in [0, 0.05) is 23.7 Å². The van der Waals surface area contributed by atoms with E-state index in [-0.39, 0.29) is 29.1 Å². The smallest absolute Gasteiger partial charge is 0.170 e. The fraction of sp³-hybridized carbons (Fsp3) is 0.250. The summed E-state index contributed by atoms with van der Waals surface area (Å²) in [4.78, 5) is 4.24. The normalized spacial score (nSPS) is 14.4. The van der Waals surface area contributed by atoms with Crippen molar-refractivity contribution < 1.29 is 8.78 Å². The highest BCUT2D eigenvalue weighted by molar-refractivity contribution is 5.62. The number of aromatic amines is 1. The first kappa shape index (κ1) is 17.9. The lowest BCUT2D eigenvalue weighted by Crippen LogP contribution is -2.11. The first-order valence-electron chi connectivity index (χ1n) is 8.98. The summed E-state index contributed by atoms with van der Waals surface area (Å²) in [6, 6.07) is 10.7. The number of hydrogen-bond acceptors (Lipinski definition) is 5. The molecule has 0 aliphatic heterocycles. The molecule has 28 heavy (non-hydrogen) atoms. The summed E-state index contributed by atoms with van der Waals surface area (Å²) in [6.45, 7) is 1.85. The van der Waals surface area contributed by atoms with Crippen molar-refractivity contribution in [2.45, 2.75) is 31.7 Å². The van der Waals surface area contributed by atoms with E-state index in [4.69, 9.17) is 0 Å². The Morgan fingerprint density at radius 1 is 1.18 bits per heavy atom. The number of nitrogens with one attached hydrogen (secondary N) is 3. The number of H-pyrrole nitrogens is 1. The van der Waals surface area contributed by atoms with Crippen molar-refractivity contribution in [3.05, 3.63) is 64.9 Å². The molecule has 1 fully saturated rings. The SMILES string of the molecule is CC(Nc1nc(Nc2cc(C3CC3)[nH]n2)c(F)cc1C#N)c1ccc(F)cc1. The van der Waals surface area contributed by atoms with Crippen molar-refractivity contribution in [2.75, 3.05) is 10.6 Å². The topological polar surface area (TPSA) is 89.4 Å². The first-order chi connectivity index (χ1) is 13.5. The molecule has 3 aromatic rings. The molecule has 0 radical (unpaired) electrons. The van der Waals surface area contributed by atoms with Gasteiger partial charge in [-0.3, -0.25) is 5.10 Å². The van der Waals surface area contributed by atoms with E-state index in [1.807, 2.05) is 19.1 Å². The molecule has 0 saturated heterocycles. The van der Waals surface area contributed by atoms with E-state index >= 15 is 0 Å². The van der Waals surface area contributed by atoms with E-state index in [0.717, 1.165) is 30.2 Å². The number of nitriles is 1. The van der Waals surface area contributed by atoms with Crippen LogP contribution in [0.3, 0.4) is 0 Å². The number of anilines is 3. The second-order valence-electron chi connectivity index (χ2n) is 6.85. The number of nitrogens with zero attached hydrogens (tertiary/aromatic N) is 3. The number of aromatic nitrogens is 3. The Kier molecular flexibility index (Phi) is 4.65. The Morgan fingerprint density at radius 3 is 2.61 bits per heavy atom. The largest absolute Gasteiger partial charge is 0.362 e. The standard InChI is InChI=1S/C20H18F2N6/c1-11(12-4-6-15(21)7-5-12)24-19-14(10-23)8-16(22)20(26-19)25-18-9-17(27-28-18)13-2-3-13/h4-9,11,13H,2-3H2,1H3,(H3,24,25,26,27,28). The third kappa shape index (κ3) is 3.78. The summed E-state index contributed by atoms with van der Waals surface area (Å²) in [5.41, 5.74) is 1.91. The highest BCUT2D eigenvalue weighted by Gasteiger charge is 2.25. The second kappa shape index (κ2) is 7.27. The highest BCUT2D eigenvalue weighted by atomic mass is 19.1. The van der Waals surface area contributed by atoms with Crippen molar-refractivity contribution in [1.82, 2.24) is 15.2 Å². The summed E-state index contributed by atoms with van der Waals surface area (Å²) in [5.74, 6) is 0.200. The minimum absolute atomic E-state index is 0.0262. The van der Waals surface area contributed by atoms with E-state index in [1.165, 1.54) is 12.1 Å². The van der Waals surface area contributed by atoms with Crippen LogP contribution in [0.15, 0.2) is 36.4 Å². The summed E-state index contributed by atoms with van der Waals surface area (Å²) in [5, 5.41) is 22.4. The van der Waals surface area contributed by atoms with Crippen molar-refractivity contribution in [2.24, 2.45) is 0 Å². The van der Waals surface area contributed by atoms with Crippen molar-refractivity contribution in [3.8, 4) is 6.07 Å². The van der Waals surface area contributed by atoms with Gasteiger partial charge in [0.05, 0.1) is 5.56 Å². The maximum absolute atomic E-state index is 14.4. The molecule has 2 heterocycles. The molecule has 6 nitrogen and oxygen atoms in total. The minimum Gasteiger partial charge on any atom is -0.362 e. The van der Waals surface area contributed by atoms with Crippen LogP contribution in [0.25, 0.3) is 0 Å². The van der Waals surface area contributed by atoms with E-state index in [1.54, 1.807) is 12.1 Å². The molecule has 1 aliphatic carbocycles. The van der Waals surface area contributed by atoms with Crippen LogP contribution in [0.5, 0.6) is 0 Å². The zero-order chi connectivity index (χ0) is 19.7. The van der Waals surface area contributed by atoms with Crippen LogP contribution in [-0.4, -0.2) is 15.2 Å². The predicted molar refractivity (Wildman–Crippen MR) is 101 cm³/mol. The summed E-state index contributed by atoms with van der Waals surface area (Å²) < 4.78 is 27.5. The lowest BCUT2D eigenvalue weighted by atomic mass is 10.1. The Hall–Kier alpha value is -3.47. The van der Waals surface area contributed by atoms with E-state index < -0.39 is 5.82 Å². The zero-order valence-electron chi connectivity index (χ0n) is 15.1. The van der Waals surface area contributed by atoms with E-state index in [2.05, 4.69) is 25.8 Å². The third-order valence-corrected chi connectivity index (χ3v) is 4.68. The highest BCUT2D eigenvalue weighted by Crippen LogP contribution is 2.39. The van der Waals surface area contributed by atoms with Gasteiger partial charge in [-0.05, 0) is 43.5 Å². The third-order valence-electron chi connectivity index (χ3n) is 4.68. The second-order valence-corrected chi connectivity index (χ2v) is 6.85. The monoisotopic (exact) mass is 380 g/mol. The fourth-order valence-electron chi connectivity index (χ4n) is 2.94. The van der Waals surface area contributed by atoms with Crippen LogP contribution in [0.1, 0.15) is 48.5 Å². The van der Waals surface area contributed by atoms with Gasteiger partial charge >= 0.3 is 0 Å². The lowest BCUT2D eigenvalue weighted by molar-refractivity contribution is 0.624. The Balaban J connectivity index is 1.57. The van der Waals surface area contributed by atoms with Gasteiger partial charge < -0.3 is 10.6 Å². The van der Waals surface area contributed by atoms with E-state index in [9.17, 15) is 14.0 Å². The van der Waals surface area contributed by atoms with Gasteiger partial charge in [-0.15, -0.1) is 0 Å². The maximum atomic E-state index is 14.4. The van der Waals surface area contributed by atoms with Gasteiger partial charge in [0.15, 0.2) is 17.5 Å². The molecule has 4 rings (SSSR count). The summed E-state index contributed by atoms with van der Waals surface area (Å²) in [6.07, 6.45) is 2.25. The van der Waals surface area contributed by atoms with Gasteiger partial charge in [0.25, 0.3) is 0 Å². The molecule has 1 saturated carbocycles. The zero-order valence-corrected chi connectivity index (χ0v) is 15.1. The number of hydrogen-bond donors (Lipinski definition) is 3. The Bertz CT molecular complexity index is 1030. The Morgan fingerprint density at radius 2 is 1.93 bits per heavy atom. The van der Waals surface area contributed by atoms with Crippen molar-refractivity contribution >= 4 is 17.5 Å². The van der Waals surface area contributed by atoms with Crippen LogP contribution in [0, 0.1) is 23.0 Å². The number of rotatable bonds is 6. The van der Waals surface area contributed by atoms with Gasteiger partial charge in [0.1, 0.15) is 17.7 Å². The quantitative estimate of drug-likeness (QED) is 0.574. The minimum atomic E-state index is -0.646. The fourth-order valence-corrected chi connectivity index (χ4v) is 2.94. The average molecular weight is 380 g/mol. The van der Waals surface area contributed by atoms with E-state index in [0.29, 0.717) is 11.7 Å². The van der Waals surface area contributed by atoms with Gasteiger partial charge in [0.2, 0.25) is 0 Å². The summed E-state index contributed by atoms with van der Waals surface area (Å²) in [7, 11) is 0. The van der Waals surface area contributed by atoms with Crippen molar-refractivity contribution in [3.63, 3.8) is 0 Å². The molecule has 8 heteroatoms. The molecule has 142 valence electrons. The van der Waals surface area contributed by atoms with Gasteiger partial charge in [-0.1, -0.05) is 12.1 Å². The molecule has 1 aromatic carbocycles. The molecule has 1 atom stereocenters. The average Bonchev–Trinajstić information content (AvgIpc) is 3.44. The van der Waals surface area contributed by atoms with Crippen LogP contribution >= 0.6 is 0 Å². The summed E-state index contributed by atoms with van der Waals surface area (Å²) >= 11 is 0. The van der Waals surface area contributed by atoms with Crippen LogP contribution in [0.2, 0.25) is 0 Å². The molecule has 1 aliphatic rings. The first-order valence-corrected chi connectivity index (χ1v) is 8.98. The predicted octanol–water partition coefficient (Wildman–Crippen LogP) is 4.75. The van der Waals surface area contributed by atoms with Gasteiger partial charge in [-0.2, -0.15) is 10.4 Å².